The Balaban J connectivity index is 1.26. The average molecular weight is 463 g/mol. The Labute approximate surface area is 203 Å². The number of benzene rings is 3. The summed E-state index contributed by atoms with van der Waals surface area (Å²) in [5.41, 5.74) is 2.78. The first-order chi connectivity index (χ1) is 16.2. The molecule has 0 bridgehead atoms. The number of phenolic OH excluding ortho intramolecular Hbond substituents is 1. The summed E-state index contributed by atoms with van der Waals surface area (Å²) < 4.78 is 5.77. The third-order valence-electron chi connectivity index (χ3n) is 6.41. The van der Waals surface area contributed by atoms with Gasteiger partial charge >= 0.3 is 0 Å². The number of aromatic hydroxyl groups is 1. The highest BCUT2D eigenvalue weighted by Crippen LogP contribution is 2.32. The highest BCUT2D eigenvalue weighted by atomic mass is 32.1. The van der Waals surface area contributed by atoms with Crippen molar-refractivity contribution in [2.24, 2.45) is 0 Å². The summed E-state index contributed by atoms with van der Waals surface area (Å²) in [5.74, 6) is 1.05. The van der Waals surface area contributed by atoms with E-state index >= 15 is 0 Å². The van der Waals surface area contributed by atoms with E-state index in [1.807, 2.05) is 6.07 Å². The molecule has 0 amide bonds. The molecule has 33 heavy (non-hydrogen) atoms. The number of nitrogens with one attached hydrogen (secondary N) is 1. The second kappa shape index (κ2) is 12.1. The van der Waals surface area contributed by atoms with Crippen molar-refractivity contribution in [3.05, 3.63) is 90.0 Å². The van der Waals surface area contributed by atoms with Gasteiger partial charge < -0.3 is 20.1 Å². The van der Waals surface area contributed by atoms with Crippen LogP contribution in [0.4, 0.5) is 0 Å². The predicted molar refractivity (Wildman–Crippen MR) is 138 cm³/mol. The molecule has 0 aromatic heterocycles. The molecule has 0 spiro atoms. The minimum absolute atomic E-state index is 0.120. The minimum atomic E-state index is 0.120. The van der Waals surface area contributed by atoms with E-state index in [0.717, 1.165) is 45.4 Å². The van der Waals surface area contributed by atoms with E-state index in [0.29, 0.717) is 29.2 Å². The molecule has 0 aliphatic carbocycles. The summed E-state index contributed by atoms with van der Waals surface area (Å²) in [7, 11) is 0. The van der Waals surface area contributed by atoms with Crippen molar-refractivity contribution in [1.82, 2.24) is 10.2 Å². The van der Waals surface area contributed by atoms with Crippen LogP contribution >= 0.6 is 12.6 Å². The lowest BCUT2D eigenvalue weighted by atomic mass is 9.88. The number of nitrogens with zero attached hydrogens (tertiary/aromatic N) is 1. The molecular weight excluding hydrogens is 428 g/mol. The van der Waals surface area contributed by atoms with Crippen LogP contribution in [0.1, 0.15) is 36.3 Å². The fraction of sp³-hybridized carbons (Fsp3) is 0.357. The SMILES string of the molecule is Oc1c(S)cccc1OCCCC1CN(CCC(c2ccccc2)c2ccccc2)CCN1. The van der Waals surface area contributed by atoms with Crippen molar-refractivity contribution in [1.29, 1.82) is 0 Å². The monoisotopic (exact) mass is 462 g/mol. The van der Waals surface area contributed by atoms with Crippen LogP contribution in [0.5, 0.6) is 11.5 Å². The highest BCUT2D eigenvalue weighted by molar-refractivity contribution is 7.80. The van der Waals surface area contributed by atoms with E-state index in [1.165, 1.54) is 11.1 Å². The topological polar surface area (TPSA) is 44.7 Å². The predicted octanol–water partition coefficient (Wildman–Crippen LogP) is 5.34. The second-order valence-electron chi connectivity index (χ2n) is 8.73. The lowest BCUT2D eigenvalue weighted by Gasteiger charge is -2.34. The van der Waals surface area contributed by atoms with Crippen LogP contribution in [0.25, 0.3) is 0 Å². The Morgan fingerprint density at radius 3 is 2.36 bits per heavy atom. The van der Waals surface area contributed by atoms with Gasteiger partial charge in [0.2, 0.25) is 0 Å². The summed E-state index contributed by atoms with van der Waals surface area (Å²) in [5, 5.41) is 13.7. The molecule has 1 saturated heterocycles. The van der Waals surface area contributed by atoms with Gasteiger partial charge in [0.25, 0.3) is 0 Å². The van der Waals surface area contributed by atoms with Gasteiger partial charge in [0, 0.05) is 36.5 Å². The minimum Gasteiger partial charge on any atom is -0.503 e. The molecule has 1 aliphatic heterocycles. The zero-order chi connectivity index (χ0) is 22.9. The standard InChI is InChI=1S/C28H34N2O2S/c31-28-26(14-7-15-27(28)33)32-20-8-13-24-21-30(19-17-29-24)18-16-25(22-9-3-1-4-10-22)23-11-5-2-6-12-23/h1-7,9-12,14-15,24-25,29,31,33H,8,13,16-21H2. The van der Waals surface area contributed by atoms with E-state index in [2.05, 4.69) is 83.5 Å². The maximum Gasteiger partial charge on any atom is 0.171 e. The van der Waals surface area contributed by atoms with Gasteiger partial charge in [-0.15, -0.1) is 12.6 Å². The van der Waals surface area contributed by atoms with Crippen molar-refractivity contribution < 1.29 is 9.84 Å². The molecular formula is C28H34N2O2S. The van der Waals surface area contributed by atoms with Crippen molar-refractivity contribution in [3.63, 3.8) is 0 Å². The molecule has 3 aromatic rings. The third kappa shape index (κ3) is 6.76. The first kappa shape index (κ1) is 23.7. The van der Waals surface area contributed by atoms with Crippen LogP contribution in [0, 0.1) is 0 Å². The smallest absolute Gasteiger partial charge is 0.171 e. The van der Waals surface area contributed by atoms with Crippen LogP contribution in [-0.2, 0) is 0 Å². The number of ether oxygens (including phenoxy) is 1. The van der Waals surface area contributed by atoms with Crippen LogP contribution in [0.2, 0.25) is 0 Å². The van der Waals surface area contributed by atoms with Gasteiger partial charge in [-0.3, -0.25) is 0 Å². The zero-order valence-electron chi connectivity index (χ0n) is 19.1. The lowest BCUT2D eigenvalue weighted by molar-refractivity contribution is 0.183. The Bertz CT molecular complexity index is 944. The van der Waals surface area contributed by atoms with Gasteiger partial charge in [0.05, 0.1) is 6.61 Å². The summed E-state index contributed by atoms with van der Waals surface area (Å²) in [6, 6.07) is 27.6. The van der Waals surface area contributed by atoms with Crippen molar-refractivity contribution in [2.75, 3.05) is 32.8 Å². The average Bonchev–Trinajstić information content (AvgIpc) is 2.86. The number of rotatable bonds is 10. The number of para-hydroxylation sites is 1. The molecule has 1 unspecified atom stereocenters. The van der Waals surface area contributed by atoms with E-state index in [9.17, 15) is 5.11 Å². The molecule has 1 heterocycles. The van der Waals surface area contributed by atoms with E-state index in [-0.39, 0.29) is 5.75 Å². The summed E-state index contributed by atoms with van der Waals surface area (Å²) in [6.07, 6.45) is 3.11. The Hall–Kier alpha value is -2.47. The Morgan fingerprint density at radius 1 is 0.970 bits per heavy atom. The van der Waals surface area contributed by atoms with Crippen LogP contribution in [0.3, 0.4) is 0 Å². The van der Waals surface area contributed by atoms with Gasteiger partial charge in [-0.1, -0.05) is 66.7 Å². The number of piperazine rings is 1. The molecule has 0 saturated carbocycles. The Morgan fingerprint density at radius 2 is 1.67 bits per heavy atom. The van der Waals surface area contributed by atoms with Crippen molar-refractivity contribution in [2.45, 2.75) is 36.1 Å². The normalized spacial score (nSPS) is 16.7. The molecule has 3 aromatic carbocycles. The molecule has 5 heteroatoms. The highest BCUT2D eigenvalue weighted by Gasteiger charge is 2.21. The molecule has 4 rings (SSSR count). The number of phenols is 1. The molecule has 174 valence electrons. The number of hydrogen-bond donors (Lipinski definition) is 3. The van der Waals surface area contributed by atoms with Gasteiger partial charge in [-0.05, 0) is 49.1 Å². The van der Waals surface area contributed by atoms with E-state index < -0.39 is 0 Å². The van der Waals surface area contributed by atoms with Gasteiger partial charge in [-0.25, -0.2) is 0 Å². The molecule has 4 nitrogen and oxygen atoms in total. The van der Waals surface area contributed by atoms with E-state index in [1.54, 1.807) is 12.1 Å². The van der Waals surface area contributed by atoms with E-state index in [4.69, 9.17) is 4.74 Å². The summed E-state index contributed by atoms with van der Waals surface area (Å²) in [6.45, 7) is 4.85. The lowest BCUT2D eigenvalue weighted by Crippen LogP contribution is -2.51. The fourth-order valence-electron chi connectivity index (χ4n) is 4.64. The van der Waals surface area contributed by atoms with Gasteiger partial charge in [0.15, 0.2) is 11.5 Å². The molecule has 2 N–H and O–H groups in total. The van der Waals surface area contributed by atoms with Crippen LogP contribution in [-0.4, -0.2) is 48.8 Å². The van der Waals surface area contributed by atoms with Crippen molar-refractivity contribution in [3.8, 4) is 11.5 Å². The maximum atomic E-state index is 10.0. The maximum absolute atomic E-state index is 10.0. The number of thiol groups is 1. The van der Waals surface area contributed by atoms with Gasteiger partial charge in [0.1, 0.15) is 0 Å². The van der Waals surface area contributed by atoms with Crippen LogP contribution in [0.15, 0.2) is 83.8 Å². The fourth-order valence-corrected chi connectivity index (χ4v) is 4.83. The first-order valence-electron chi connectivity index (χ1n) is 11.9. The zero-order valence-corrected chi connectivity index (χ0v) is 20.0. The molecule has 0 radical (unpaired) electrons. The summed E-state index contributed by atoms with van der Waals surface area (Å²) >= 11 is 4.24. The second-order valence-corrected chi connectivity index (χ2v) is 9.21. The van der Waals surface area contributed by atoms with Crippen molar-refractivity contribution >= 4 is 12.6 Å². The molecule has 1 aliphatic rings. The number of hydrogen-bond acceptors (Lipinski definition) is 5. The molecule has 1 fully saturated rings. The quantitative estimate of drug-likeness (QED) is 0.281. The van der Waals surface area contributed by atoms with Crippen LogP contribution < -0.4 is 10.1 Å². The summed E-state index contributed by atoms with van der Waals surface area (Å²) in [4.78, 5) is 3.14. The first-order valence-corrected chi connectivity index (χ1v) is 12.3. The molecule has 1 atom stereocenters. The largest absolute Gasteiger partial charge is 0.503 e. The third-order valence-corrected chi connectivity index (χ3v) is 6.77. The van der Waals surface area contributed by atoms with Gasteiger partial charge in [-0.2, -0.15) is 0 Å². The Kier molecular flexibility index (Phi) is 8.70.